The van der Waals surface area contributed by atoms with Gasteiger partial charge in [-0.25, -0.2) is 14.2 Å². The fourth-order valence-electron chi connectivity index (χ4n) is 3.24. The molecule has 7 nitrogen and oxygen atoms in total. The van der Waals surface area contributed by atoms with E-state index in [-0.39, 0.29) is 18.1 Å². The summed E-state index contributed by atoms with van der Waals surface area (Å²) in [5.74, 6) is 0.180. The van der Waals surface area contributed by atoms with Crippen molar-refractivity contribution in [3.63, 3.8) is 0 Å². The van der Waals surface area contributed by atoms with Crippen molar-refractivity contribution in [1.82, 2.24) is 24.8 Å². The van der Waals surface area contributed by atoms with Crippen molar-refractivity contribution < 1.29 is 9.13 Å². The fraction of sp³-hybridized carbons (Fsp3) is 0.182. The molecule has 0 saturated heterocycles. The minimum Gasteiger partial charge on any atom is -0.473 e. The van der Waals surface area contributed by atoms with E-state index in [1.165, 1.54) is 21.5 Å². The number of pyridine rings is 1. The lowest BCUT2D eigenvalue weighted by Crippen LogP contribution is -2.23. The van der Waals surface area contributed by atoms with Crippen LogP contribution in [0.25, 0.3) is 16.8 Å². The Morgan fingerprint density at radius 2 is 1.77 bits per heavy atom. The molecule has 0 atom stereocenters. The predicted octanol–water partition coefficient (Wildman–Crippen LogP) is 3.36. The molecule has 0 amide bonds. The van der Waals surface area contributed by atoms with Gasteiger partial charge in [0.15, 0.2) is 0 Å². The van der Waals surface area contributed by atoms with E-state index >= 15 is 0 Å². The smallest absolute Gasteiger partial charge is 0.368 e. The van der Waals surface area contributed by atoms with Gasteiger partial charge in [0.25, 0.3) is 0 Å². The summed E-state index contributed by atoms with van der Waals surface area (Å²) in [4.78, 5) is 16.8. The van der Waals surface area contributed by atoms with Crippen LogP contribution in [-0.4, -0.2) is 24.8 Å². The van der Waals surface area contributed by atoms with E-state index in [0.29, 0.717) is 11.6 Å². The highest BCUT2D eigenvalue weighted by Gasteiger charge is 2.14. The topological polar surface area (TPSA) is 74.8 Å². The zero-order chi connectivity index (χ0) is 21.3. The lowest BCUT2D eigenvalue weighted by molar-refractivity contribution is 0.292. The molecule has 0 aliphatic carbocycles. The van der Waals surface area contributed by atoms with Gasteiger partial charge < -0.3 is 4.74 Å². The van der Waals surface area contributed by atoms with Crippen LogP contribution < -0.4 is 10.4 Å². The Morgan fingerprint density at radius 1 is 1.00 bits per heavy atom. The van der Waals surface area contributed by atoms with Crippen LogP contribution in [0.15, 0.2) is 59.4 Å². The predicted molar refractivity (Wildman–Crippen MR) is 110 cm³/mol. The molecule has 0 N–H and O–H groups in total. The minimum absolute atomic E-state index is 0.216. The third-order valence-electron chi connectivity index (χ3n) is 4.92. The third-order valence-corrected chi connectivity index (χ3v) is 4.92. The van der Waals surface area contributed by atoms with Crippen LogP contribution in [0, 0.1) is 19.7 Å². The van der Waals surface area contributed by atoms with Crippen molar-refractivity contribution in [3.05, 3.63) is 87.7 Å². The summed E-state index contributed by atoms with van der Waals surface area (Å²) >= 11 is 0. The number of rotatable bonds is 5. The van der Waals surface area contributed by atoms with Crippen LogP contribution in [0.4, 0.5) is 4.39 Å². The highest BCUT2D eigenvalue weighted by atomic mass is 19.1. The fourth-order valence-corrected chi connectivity index (χ4v) is 3.24. The zero-order valence-electron chi connectivity index (χ0n) is 16.8. The molecular weight excluding hydrogens is 385 g/mol. The van der Waals surface area contributed by atoms with Gasteiger partial charge in [0.05, 0.1) is 5.69 Å². The first kappa shape index (κ1) is 19.5. The number of benzene rings is 2. The molecule has 0 aliphatic rings. The second-order valence-corrected chi connectivity index (χ2v) is 6.95. The van der Waals surface area contributed by atoms with Crippen LogP contribution in [-0.2, 0) is 13.7 Å². The Bertz CT molecular complexity index is 1260. The Kier molecular flexibility index (Phi) is 5.14. The van der Waals surface area contributed by atoms with E-state index < -0.39 is 0 Å². The highest BCUT2D eigenvalue weighted by Crippen LogP contribution is 2.25. The summed E-state index contributed by atoms with van der Waals surface area (Å²) in [5.41, 5.74) is 4.63. The van der Waals surface area contributed by atoms with Crippen LogP contribution in [0.2, 0.25) is 0 Å². The van der Waals surface area contributed by atoms with E-state index in [1.54, 1.807) is 31.3 Å². The third kappa shape index (κ3) is 3.71. The standard InChI is InChI=1S/C22H20FN5O2/c1-14-5-4-6-20(28-22(29)27(3)25-26-28)19(14)13-30-21-12-11-18(15(2)24-21)16-7-9-17(23)10-8-16/h4-12H,13H2,1-3H3. The van der Waals surface area contributed by atoms with Crippen LogP contribution >= 0.6 is 0 Å². The average Bonchev–Trinajstić information content (AvgIpc) is 3.06. The molecule has 152 valence electrons. The van der Waals surface area contributed by atoms with Gasteiger partial charge in [-0.05, 0) is 59.7 Å². The van der Waals surface area contributed by atoms with E-state index in [0.717, 1.165) is 27.9 Å². The maximum absolute atomic E-state index is 13.2. The van der Waals surface area contributed by atoms with Crippen LogP contribution in [0.5, 0.6) is 5.88 Å². The number of tetrazole rings is 1. The molecule has 4 rings (SSSR count). The second-order valence-electron chi connectivity index (χ2n) is 6.95. The molecular formula is C22H20FN5O2. The number of hydrogen-bond donors (Lipinski definition) is 0. The summed E-state index contributed by atoms with van der Waals surface area (Å²) in [5, 5.41) is 7.70. The zero-order valence-corrected chi connectivity index (χ0v) is 16.8. The molecule has 0 bridgehead atoms. The number of aryl methyl sites for hydroxylation is 3. The van der Waals surface area contributed by atoms with Gasteiger partial charge in [0.1, 0.15) is 12.4 Å². The Labute approximate surface area is 172 Å². The number of aromatic nitrogens is 5. The van der Waals surface area contributed by atoms with Crippen molar-refractivity contribution in [2.24, 2.45) is 7.05 Å². The SMILES string of the molecule is Cc1cccc(-n2nnn(C)c2=O)c1COc1ccc(-c2ccc(F)cc2)c(C)n1. The van der Waals surface area contributed by atoms with Crippen molar-refractivity contribution in [2.45, 2.75) is 20.5 Å². The lowest BCUT2D eigenvalue weighted by atomic mass is 10.0. The Morgan fingerprint density at radius 3 is 2.43 bits per heavy atom. The maximum Gasteiger partial charge on any atom is 0.368 e. The largest absolute Gasteiger partial charge is 0.473 e. The van der Waals surface area contributed by atoms with Gasteiger partial charge in [-0.2, -0.15) is 9.36 Å². The molecule has 0 aliphatic heterocycles. The van der Waals surface area contributed by atoms with Crippen molar-refractivity contribution >= 4 is 0 Å². The molecule has 8 heteroatoms. The first-order chi connectivity index (χ1) is 14.4. The van der Waals surface area contributed by atoms with Crippen LogP contribution in [0.3, 0.4) is 0 Å². The second kappa shape index (κ2) is 7.90. The highest BCUT2D eigenvalue weighted by molar-refractivity contribution is 5.66. The van der Waals surface area contributed by atoms with E-state index in [2.05, 4.69) is 15.4 Å². The van der Waals surface area contributed by atoms with E-state index in [1.807, 2.05) is 32.0 Å². The normalized spacial score (nSPS) is 10.9. The lowest BCUT2D eigenvalue weighted by Gasteiger charge is -2.13. The number of hydrogen-bond acceptors (Lipinski definition) is 5. The van der Waals surface area contributed by atoms with Crippen molar-refractivity contribution in [3.8, 4) is 22.7 Å². The first-order valence-electron chi connectivity index (χ1n) is 9.38. The molecule has 2 aromatic heterocycles. The quantitative estimate of drug-likeness (QED) is 0.509. The summed E-state index contributed by atoms with van der Waals surface area (Å²) < 4.78 is 21.5. The number of ether oxygens (including phenoxy) is 1. The van der Waals surface area contributed by atoms with Gasteiger partial charge in [0, 0.05) is 29.9 Å². The molecule has 0 fully saturated rings. The molecule has 0 spiro atoms. The number of halogens is 1. The Balaban J connectivity index is 1.60. The van der Waals surface area contributed by atoms with Gasteiger partial charge in [-0.3, -0.25) is 0 Å². The van der Waals surface area contributed by atoms with Gasteiger partial charge >= 0.3 is 5.69 Å². The summed E-state index contributed by atoms with van der Waals surface area (Å²) in [6.07, 6.45) is 0. The maximum atomic E-state index is 13.2. The average molecular weight is 405 g/mol. The van der Waals surface area contributed by atoms with Crippen molar-refractivity contribution in [2.75, 3.05) is 0 Å². The molecule has 0 saturated carbocycles. The minimum atomic E-state index is -0.334. The molecule has 0 unspecified atom stereocenters. The van der Waals surface area contributed by atoms with Gasteiger partial charge in [-0.15, -0.1) is 0 Å². The molecule has 0 radical (unpaired) electrons. The van der Waals surface area contributed by atoms with E-state index in [9.17, 15) is 9.18 Å². The summed E-state index contributed by atoms with van der Waals surface area (Å²) in [6.45, 7) is 4.04. The Hall–Kier alpha value is -3.81. The van der Waals surface area contributed by atoms with Gasteiger partial charge in [-0.1, -0.05) is 24.3 Å². The van der Waals surface area contributed by atoms with Gasteiger partial charge in [0.2, 0.25) is 5.88 Å². The van der Waals surface area contributed by atoms with Crippen molar-refractivity contribution in [1.29, 1.82) is 0 Å². The number of nitrogens with zero attached hydrogens (tertiary/aromatic N) is 5. The summed E-state index contributed by atoms with van der Waals surface area (Å²) in [6, 6.07) is 15.6. The summed E-state index contributed by atoms with van der Waals surface area (Å²) in [7, 11) is 1.55. The van der Waals surface area contributed by atoms with E-state index in [4.69, 9.17) is 4.74 Å². The monoisotopic (exact) mass is 405 g/mol. The molecule has 30 heavy (non-hydrogen) atoms. The molecule has 2 aromatic carbocycles. The van der Waals surface area contributed by atoms with Crippen LogP contribution in [0.1, 0.15) is 16.8 Å². The molecule has 2 heterocycles. The first-order valence-corrected chi connectivity index (χ1v) is 9.38. The molecule has 4 aromatic rings.